The van der Waals surface area contributed by atoms with Gasteiger partial charge in [0.25, 0.3) is 0 Å². The molecule has 1 saturated heterocycles. The molecule has 2 aromatic carbocycles. The van der Waals surface area contributed by atoms with Crippen molar-refractivity contribution in [1.82, 2.24) is 10.2 Å². The Hall–Kier alpha value is -2.35. The predicted octanol–water partition coefficient (Wildman–Crippen LogP) is 3.88. The second-order valence-electron chi connectivity index (χ2n) is 6.83. The third kappa shape index (κ3) is 4.85. The fourth-order valence-corrected chi connectivity index (χ4v) is 3.62. The van der Waals surface area contributed by atoms with Gasteiger partial charge in [-0.1, -0.05) is 30.7 Å². The smallest absolute Gasteiger partial charge is 0.118 e. The Labute approximate surface area is 156 Å². The van der Waals surface area contributed by atoms with Gasteiger partial charge < -0.3 is 10.1 Å². The molecule has 0 radical (unpaired) electrons. The molecule has 0 spiro atoms. The maximum absolute atomic E-state index is 9.05. The molecule has 1 heterocycles. The van der Waals surface area contributed by atoms with E-state index in [9.17, 15) is 0 Å². The van der Waals surface area contributed by atoms with Gasteiger partial charge in [0, 0.05) is 19.1 Å². The van der Waals surface area contributed by atoms with Gasteiger partial charge in [-0.15, -0.1) is 0 Å². The lowest BCUT2D eigenvalue weighted by Crippen LogP contribution is -2.39. The summed E-state index contributed by atoms with van der Waals surface area (Å²) in [7, 11) is 1.70. The highest BCUT2D eigenvalue weighted by atomic mass is 16.5. The van der Waals surface area contributed by atoms with E-state index in [4.69, 9.17) is 10.00 Å². The second-order valence-corrected chi connectivity index (χ2v) is 6.83. The largest absolute Gasteiger partial charge is 0.497 e. The van der Waals surface area contributed by atoms with Crippen LogP contribution in [-0.4, -0.2) is 31.6 Å². The lowest BCUT2D eigenvalue weighted by molar-refractivity contribution is 0.160. The molecule has 136 valence electrons. The van der Waals surface area contributed by atoms with Crippen molar-refractivity contribution in [2.75, 3.05) is 26.7 Å². The first-order valence-corrected chi connectivity index (χ1v) is 9.38. The van der Waals surface area contributed by atoms with Gasteiger partial charge in [0.05, 0.1) is 18.7 Å². The van der Waals surface area contributed by atoms with Gasteiger partial charge in [-0.25, -0.2) is 0 Å². The van der Waals surface area contributed by atoms with Crippen LogP contribution < -0.4 is 10.1 Å². The number of nitrogens with one attached hydrogen (secondary N) is 1. The average molecular weight is 349 g/mol. The van der Waals surface area contributed by atoms with Crippen LogP contribution in [0.2, 0.25) is 0 Å². The van der Waals surface area contributed by atoms with Gasteiger partial charge in [-0.3, -0.25) is 4.90 Å². The monoisotopic (exact) mass is 349 g/mol. The number of benzene rings is 2. The lowest BCUT2D eigenvalue weighted by atomic mass is 10.0. The molecule has 1 aliphatic heterocycles. The number of nitrogens with zero attached hydrogens (tertiary/aromatic N) is 2. The van der Waals surface area contributed by atoms with Crippen LogP contribution in [0.15, 0.2) is 48.5 Å². The van der Waals surface area contributed by atoms with Crippen LogP contribution in [0.3, 0.4) is 0 Å². The first-order chi connectivity index (χ1) is 12.8. The summed E-state index contributed by atoms with van der Waals surface area (Å²) in [5.74, 6) is 0.896. The predicted molar refractivity (Wildman–Crippen MR) is 104 cm³/mol. The maximum atomic E-state index is 9.05. The summed E-state index contributed by atoms with van der Waals surface area (Å²) in [5.41, 5.74) is 3.19. The third-order valence-electron chi connectivity index (χ3n) is 5.05. The summed E-state index contributed by atoms with van der Waals surface area (Å²) in [6, 6.07) is 18.8. The molecule has 0 bridgehead atoms. The minimum atomic E-state index is 0.361. The molecule has 1 unspecified atom stereocenters. The van der Waals surface area contributed by atoms with E-state index in [1.54, 1.807) is 7.11 Å². The molecular weight excluding hydrogens is 322 g/mol. The van der Waals surface area contributed by atoms with E-state index in [0.717, 1.165) is 37.5 Å². The first-order valence-electron chi connectivity index (χ1n) is 9.38. The number of piperidine rings is 1. The minimum Gasteiger partial charge on any atom is -0.497 e. The Balaban J connectivity index is 1.67. The summed E-state index contributed by atoms with van der Waals surface area (Å²) in [6.45, 7) is 3.98. The summed E-state index contributed by atoms with van der Waals surface area (Å²) >= 11 is 0. The molecule has 4 nitrogen and oxygen atoms in total. The number of rotatable bonds is 7. The zero-order chi connectivity index (χ0) is 18.2. The Kier molecular flexibility index (Phi) is 6.65. The van der Waals surface area contributed by atoms with Crippen molar-refractivity contribution in [3.63, 3.8) is 0 Å². The zero-order valence-corrected chi connectivity index (χ0v) is 15.4. The molecule has 0 aliphatic carbocycles. The SMILES string of the molecule is COc1ccc(C(CNCc2cccc(C#N)c2)N2CCCCC2)cc1. The van der Waals surface area contributed by atoms with E-state index in [0.29, 0.717) is 11.6 Å². The molecule has 2 aromatic rings. The average Bonchev–Trinajstić information content (AvgIpc) is 2.72. The quantitative estimate of drug-likeness (QED) is 0.824. The van der Waals surface area contributed by atoms with Gasteiger partial charge in [0.1, 0.15) is 5.75 Å². The van der Waals surface area contributed by atoms with Crippen molar-refractivity contribution in [3.8, 4) is 11.8 Å². The van der Waals surface area contributed by atoms with Crippen molar-refractivity contribution in [2.24, 2.45) is 0 Å². The summed E-state index contributed by atoms with van der Waals surface area (Å²) in [4.78, 5) is 2.59. The van der Waals surface area contributed by atoms with Crippen molar-refractivity contribution >= 4 is 0 Å². The van der Waals surface area contributed by atoms with Gasteiger partial charge in [-0.2, -0.15) is 5.26 Å². The van der Waals surface area contributed by atoms with Crippen LogP contribution in [0.5, 0.6) is 5.75 Å². The number of hydrogen-bond donors (Lipinski definition) is 1. The van der Waals surface area contributed by atoms with E-state index in [1.807, 2.05) is 30.3 Å². The fourth-order valence-electron chi connectivity index (χ4n) is 3.62. The molecule has 0 saturated carbocycles. The molecule has 1 fully saturated rings. The minimum absolute atomic E-state index is 0.361. The molecule has 4 heteroatoms. The van der Waals surface area contributed by atoms with Crippen molar-refractivity contribution in [3.05, 3.63) is 65.2 Å². The Morgan fingerprint density at radius 2 is 1.88 bits per heavy atom. The molecule has 1 atom stereocenters. The van der Waals surface area contributed by atoms with Crippen molar-refractivity contribution < 1.29 is 4.74 Å². The van der Waals surface area contributed by atoms with Gasteiger partial charge in [-0.05, 0) is 61.3 Å². The van der Waals surface area contributed by atoms with Gasteiger partial charge in [0.15, 0.2) is 0 Å². The second kappa shape index (κ2) is 9.38. The Bertz CT molecular complexity index is 730. The number of methoxy groups -OCH3 is 1. The van der Waals surface area contributed by atoms with Gasteiger partial charge in [0.2, 0.25) is 0 Å². The normalized spacial score (nSPS) is 16.0. The molecule has 26 heavy (non-hydrogen) atoms. The van der Waals surface area contributed by atoms with E-state index in [-0.39, 0.29) is 0 Å². The lowest BCUT2D eigenvalue weighted by Gasteiger charge is -2.35. The molecule has 0 aromatic heterocycles. The number of hydrogen-bond acceptors (Lipinski definition) is 4. The third-order valence-corrected chi connectivity index (χ3v) is 5.05. The van der Waals surface area contributed by atoms with E-state index in [2.05, 4.69) is 34.5 Å². The van der Waals surface area contributed by atoms with Crippen LogP contribution in [0.1, 0.15) is 42.0 Å². The fraction of sp³-hybridized carbons (Fsp3) is 0.409. The maximum Gasteiger partial charge on any atom is 0.118 e. The highest BCUT2D eigenvalue weighted by Gasteiger charge is 2.22. The number of nitriles is 1. The Morgan fingerprint density at radius 1 is 1.12 bits per heavy atom. The highest BCUT2D eigenvalue weighted by molar-refractivity contribution is 5.33. The van der Waals surface area contributed by atoms with E-state index >= 15 is 0 Å². The number of likely N-dealkylation sites (tertiary alicyclic amines) is 1. The first kappa shape index (κ1) is 18.4. The summed E-state index contributed by atoms with van der Waals surface area (Å²) in [5, 5.41) is 12.6. The zero-order valence-electron chi connectivity index (χ0n) is 15.4. The highest BCUT2D eigenvalue weighted by Crippen LogP contribution is 2.26. The molecule has 0 amide bonds. The van der Waals surface area contributed by atoms with Crippen molar-refractivity contribution in [2.45, 2.75) is 31.8 Å². The van der Waals surface area contributed by atoms with E-state index in [1.165, 1.54) is 24.8 Å². The van der Waals surface area contributed by atoms with Crippen LogP contribution in [0, 0.1) is 11.3 Å². The molecular formula is C22H27N3O. The molecule has 1 aliphatic rings. The topological polar surface area (TPSA) is 48.3 Å². The standard InChI is InChI=1S/C22H27N3O/c1-26-21-10-8-20(9-11-21)22(25-12-3-2-4-13-25)17-24-16-19-7-5-6-18(14-19)15-23/h5-11,14,22,24H,2-4,12-13,16-17H2,1H3. The van der Waals surface area contributed by atoms with Gasteiger partial charge >= 0.3 is 0 Å². The van der Waals surface area contributed by atoms with E-state index < -0.39 is 0 Å². The number of ether oxygens (including phenoxy) is 1. The van der Waals surface area contributed by atoms with Crippen LogP contribution in [0.4, 0.5) is 0 Å². The van der Waals surface area contributed by atoms with Crippen molar-refractivity contribution in [1.29, 1.82) is 5.26 Å². The summed E-state index contributed by atoms with van der Waals surface area (Å²) < 4.78 is 5.30. The van der Waals surface area contributed by atoms with Crippen LogP contribution in [0.25, 0.3) is 0 Å². The molecule has 3 rings (SSSR count). The van der Waals surface area contributed by atoms with Crippen LogP contribution >= 0.6 is 0 Å². The summed E-state index contributed by atoms with van der Waals surface area (Å²) in [6.07, 6.45) is 3.88. The molecule has 1 N–H and O–H groups in total. The Morgan fingerprint density at radius 3 is 2.58 bits per heavy atom. The van der Waals surface area contributed by atoms with Crippen LogP contribution in [-0.2, 0) is 6.54 Å².